The van der Waals surface area contributed by atoms with Gasteiger partial charge in [-0.2, -0.15) is 0 Å². The van der Waals surface area contributed by atoms with Crippen LogP contribution < -0.4 is 0 Å². The quantitative estimate of drug-likeness (QED) is 0.460. The predicted molar refractivity (Wildman–Crippen MR) is 0 cm³/mol. The van der Waals surface area contributed by atoms with Crippen molar-refractivity contribution in [3.05, 3.63) is 0 Å². The Labute approximate surface area is 97.2 Å². The molecule has 2 radical (unpaired) electrons. The van der Waals surface area contributed by atoms with Crippen molar-refractivity contribution < 1.29 is 98.9 Å². The Hall–Kier alpha value is 3.14. The van der Waals surface area contributed by atoms with Gasteiger partial charge in [-0.3, -0.25) is 0 Å². The van der Waals surface area contributed by atoms with E-state index >= 15 is 0 Å². The molecule has 0 bridgehead atoms. The summed E-state index contributed by atoms with van der Waals surface area (Å²) in [6.07, 6.45) is 0. The van der Waals surface area contributed by atoms with Gasteiger partial charge in [0.25, 0.3) is 0 Å². The fraction of sp³-hybridized carbons (Fsp3) is 0. The van der Waals surface area contributed by atoms with Crippen LogP contribution in [0.15, 0.2) is 0 Å². The molecular formula is CoFeNiTaZr. The summed E-state index contributed by atoms with van der Waals surface area (Å²) >= 11 is 0. The smallest absolute Gasteiger partial charge is 0 e. The minimum absolute atomic E-state index is 0. The van der Waals surface area contributed by atoms with Gasteiger partial charge in [-0.15, -0.1) is 0 Å². The Bertz CT molecular complexity index is 11.6. The first-order valence-electron chi connectivity index (χ1n) is 0. The summed E-state index contributed by atoms with van der Waals surface area (Å²) in [7, 11) is 0. The first kappa shape index (κ1) is 42.1. The molecule has 5 heavy (non-hydrogen) atoms. The van der Waals surface area contributed by atoms with Crippen molar-refractivity contribution in [3.63, 3.8) is 0 Å². The Morgan fingerprint density at radius 1 is 1.00 bits per heavy atom. The zero-order valence-electron chi connectivity index (χ0n) is 1.95. The molecule has 0 aromatic carbocycles. The van der Waals surface area contributed by atoms with Crippen molar-refractivity contribution in [2.45, 2.75) is 0 Å². The molecule has 0 aliphatic rings. The molecule has 5 heteroatoms. The van der Waals surface area contributed by atoms with Gasteiger partial charge in [0, 0.05) is 98.9 Å². The minimum Gasteiger partial charge on any atom is 0 e. The van der Waals surface area contributed by atoms with Crippen molar-refractivity contribution in [3.8, 4) is 0 Å². The van der Waals surface area contributed by atoms with Gasteiger partial charge in [-0.05, 0) is 0 Å². The molecule has 0 heterocycles. The molecule has 0 aromatic heterocycles. The van der Waals surface area contributed by atoms with Gasteiger partial charge in [0.05, 0.1) is 0 Å². The molecule has 0 atom stereocenters. The van der Waals surface area contributed by atoms with Gasteiger partial charge in [-0.25, -0.2) is 0 Å². The van der Waals surface area contributed by atoms with Crippen LogP contribution >= 0.6 is 0 Å². The molecule has 0 nitrogen and oxygen atoms in total. The number of rotatable bonds is 0. The summed E-state index contributed by atoms with van der Waals surface area (Å²) in [6.45, 7) is 0. The van der Waals surface area contributed by atoms with Crippen molar-refractivity contribution in [2.24, 2.45) is 0 Å². The summed E-state index contributed by atoms with van der Waals surface area (Å²) in [6, 6.07) is 0. The summed E-state index contributed by atoms with van der Waals surface area (Å²) in [5.74, 6) is 0. The van der Waals surface area contributed by atoms with Crippen LogP contribution in [0.5, 0.6) is 0 Å². The van der Waals surface area contributed by atoms with Gasteiger partial charge in [0.1, 0.15) is 0 Å². The van der Waals surface area contributed by atoms with E-state index < -0.39 is 0 Å². The molecular weight excluding hydrogens is 446 g/mol. The van der Waals surface area contributed by atoms with Crippen LogP contribution in [-0.2, 0) is 98.9 Å². The van der Waals surface area contributed by atoms with Crippen molar-refractivity contribution in [2.75, 3.05) is 0 Å². The first-order valence-corrected chi connectivity index (χ1v) is 0. The summed E-state index contributed by atoms with van der Waals surface area (Å²) in [5.41, 5.74) is 0. The molecule has 0 saturated carbocycles. The van der Waals surface area contributed by atoms with Gasteiger partial charge >= 0.3 is 0 Å². The van der Waals surface area contributed by atoms with Crippen molar-refractivity contribution >= 4 is 0 Å². The molecule has 0 saturated heterocycles. The van der Waals surface area contributed by atoms with E-state index in [4.69, 9.17) is 0 Å². The van der Waals surface area contributed by atoms with E-state index in [2.05, 4.69) is 0 Å². The van der Waals surface area contributed by atoms with Gasteiger partial charge in [-0.1, -0.05) is 0 Å². The normalized spacial score (nSPS) is 0. The second-order valence-electron chi connectivity index (χ2n) is 0. The zero-order chi connectivity index (χ0) is 0. The van der Waals surface area contributed by atoms with E-state index in [0.29, 0.717) is 0 Å². The molecule has 0 unspecified atom stereocenters. The van der Waals surface area contributed by atoms with Crippen LogP contribution in [0.25, 0.3) is 0 Å². The van der Waals surface area contributed by atoms with E-state index in [0.717, 1.165) is 0 Å². The van der Waals surface area contributed by atoms with E-state index in [1.54, 1.807) is 0 Å². The fourth-order valence-corrected chi connectivity index (χ4v) is 0. The zero-order valence-corrected chi connectivity index (χ0v) is 10.8. The Kier molecular flexibility index (Phi) is 230. The first-order chi connectivity index (χ1) is 0. The third-order valence-electron chi connectivity index (χ3n) is 0. The van der Waals surface area contributed by atoms with Crippen molar-refractivity contribution in [1.82, 2.24) is 0 Å². The summed E-state index contributed by atoms with van der Waals surface area (Å²) in [5, 5.41) is 0. The predicted octanol–water partition coefficient (Wildman–Crippen LogP) is -0.0125. The topological polar surface area (TPSA) is 0 Å². The molecule has 36 valence electrons. The van der Waals surface area contributed by atoms with Crippen molar-refractivity contribution in [1.29, 1.82) is 0 Å². The second-order valence-corrected chi connectivity index (χ2v) is 0. The number of hydrogen-bond donors (Lipinski definition) is 0. The average Bonchev–Trinajstić information content (AvgIpc) is 0. The number of hydrogen-bond acceptors (Lipinski definition) is 0. The Balaban J connectivity index is 0. The Morgan fingerprint density at radius 3 is 1.00 bits per heavy atom. The van der Waals surface area contributed by atoms with Gasteiger partial charge in [0.15, 0.2) is 0 Å². The summed E-state index contributed by atoms with van der Waals surface area (Å²) in [4.78, 5) is 0. The van der Waals surface area contributed by atoms with Gasteiger partial charge in [0.2, 0.25) is 0 Å². The Morgan fingerprint density at radius 2 is 1.00 bits per heavy atom. The third-order valence-corrected chi connectivity index (χ3v) is 0. The van der Waals surface area contributed by atoms with Crippen LogP contribution in [-0.4, -0.2) is 0 Å². The molecule has 0 aliphatic carbocycles. The molecule has 0 aliphatic heterocycles. The van der Waals surface area contributed by atoms with Crippen LogP contribution in [0, 0.1) is 0 Å². The van der Waals surface area contributed by atoms with E-state index in [9.17, 15) is 0 Å². The molecule has 0 fully saturated rings. The van der Waals surface area contributed by atoms with Crippen LogP contribution in [0.2, 0.25) is 0 Å². The maximum Gasteiger partial charge on any atom is 0 e. The molecule has 0 aromatic rings. The standard InChI is InChI=1S/Co.Fe.Ni.Ta.Zr. The van der Waals surface area contributed by atoms with E-state index in [1.165, 1.54) is 0 Å². The molecule has 0 rings (SSSR count). The fourth-order valence-electron chi connectivity index (χ4n) is 0. The van der Waals surface area contributed by atoms with Gasteiger partial charge < -0.3 is 0 Å². The average molecular weight is 446 g/mol. The monoisotopic (exact) mass is 444 g/mol. The maximum atomic E-state index is 0. The molecule has 0 amide bonds. The maximum absolute atomic E-state index is 0. The van der Waals surface area contributed by atoms with Crippen LogP contribution in [0.4, 0.5) is 0 Å². The van der Waals surface area contributed by atoms with E-state index in [-0.39, 0.29) is 98.9 Å². The molecule has 0 N–H and O–H groups in total. The second kappa shape index (κ2) is 27.3. The minimum atomic E-state index is 0. The van der Waals surface area contributed by atoms with Crippen LogP contribution in [0.3, 0.4) is 0 Å². The van der Waals surface area contributed by atoms with E-state index in [1.807, 2.05) is 0 Å². The molecule has 0 spiro atoms. The third kappa shape index (κ3) is 19.1. The summed E-state index contributed by atoms with van der Waals surface area (Å²) < 4.78 is 0. The van der Waals surface area contributed by atoms with Crippen LogP contribution in [0.1, 0.15) is 0 Å². The largest absolute Gasteiger partial charge is 0 e. The SMILES string of the molecule is [Co].[Fe].[Ni].[Ta].[Zr].